The van der Waals surface area contributed by atoms with E-state index in [0.29, 0.717) is 11.6 Å². The van der Waals surface area contributed by atoms with Gasteiger partial charge in [-0.05, 0) is 80.5 Å². The Kier molecular flexibility index (Phi) is 5.15. The van der Waals surface area contributed by atoms with Gasteiger partial charge in [-0.3, -0.25) is 9.59 Å². The summed E-state index contributed by atoms with van der Waals surface area (Å²) in [5.74, 6) is 0.198. The van der Waals surface area contributed by atoms with Crippen LogP contribution in [0.25, 0.3) is 0 Å². The van der Waals surface area contributed by atoms with Gasteiger partial charge in [-0.25, -0.2) is 0 Å². The molecule has 1 aliphatic carbocycles. The van der Waals surface area contributed by atoms with Crippen molar-refractivity contribution in [3.63, 3.8) is 0 Å². The van der Waals surface area contributed by atoms with Crippen LogP contribution in [0.4, 0.5) is 5.69 Å². The number of aryl methyl sites for hydroxylation is 2. The lowest BCUT2D eigenvalue weighted by Gasteiger charge is -2.34. The van der Waals surface area contributed by atoms with Crippen LogP contribution in [0.3, 0.4) is 0 Å². The summed E-state index contributed by atoms with van der Waals surface area (Å²) in [4.78, 5) is 27.5. The van der Waals surface area contributed by atoms with Crippen LogP contribution in [0, 0.1) is 19.8 Å². The van der Waals surface area contributed by atoms with Gasteiger partial charge in [-0.15, -0.1) is 0 Å². The van der Waals surface area contributed by atoms with Crippen molar-refractivity contribution in [2.24, 2.45) is 5.92 Å². The molecule has 1 aliphatic heterocycles. The molecule has 4 nitrogen and oxygen atoms in total. The number of nitrogens with one attached hydrogen (secondary N) is 1. The van der Waals surface area contributed by atoms with Gasteiger partial charge in [0.15, 0.2) is 0 Å². The number of nitrogens with zero attached hydrogens (tertiary/aromatic N) is 1. The first kappa shape index (κ1) is 19.0. The maximum absolute atomic E-state index is 12.8. The molecule has 2 aromatic rings. The zero-order valence-electron chi connectivity index (χ0n) is 16.3. The molecule has 28 heavy (non-hydrogen) atoms. The molecule has 5 heteroatoms. The summed E-state index contributed by atoms with van der Waals surface area (Å²) in [5.41, 5.74) is 4.92. The van der Waals surface area contributed by atoms with Crippen LogP contribution in [0.5, 0.6) is 0 Å². The molecule has 2 aromatic carbocycles. The SMILES string of the molecule is Cc1cc(NC(=O)C2CCC(N3Cc4c(C)cccc4C3=O)CC2)ccc1Cl. The first-order chi connectivity index (χ1) is 13.4. The highest BCUT2D eigenvalue weighted by Crippen LogP contribution is 2.34. The van der Waals surface area contributed by atoms with Crippen molar-refractivity contribution in [3.8, 4) is 0 Å². The van der Waals surface area contributed by atoms with E-state index in [1.165, 1.54) is 5.56 Å². The number of hydrogen-bond acceptors (Lipinski definition) is 2. The monoisotopic (exact) mass is 396 g/mol. The van der Waals surface area contributed by atoms with Gasteiger partial charge in [-0.1, -0.05) is 23.7 Å². The second-order valence-corrected chi connectivity index (χ2v) is 8.40. The Labute approximate surface area is 170 Å². The topological polar surface area (TPSA) is 49.4 Å². The fraction of sp³-hybridized carbons (Fsp3) is 0.391. The van der Waals surface area contributed by atoms with Crippen LogP contribution in [-0.2, 0) is 11.3 Å². The molecule has 0 bridgehead atoms. The van der Waals surface area contributed by atoms with E-state index >= 15 is 0 Å². The summed E-state index contributed by atoms with van der Waals surface area (Å²) >= 11 is 6.05. The van der Waals surface area contributed by atoms with E-state index in [-0.39, 0.29) is 23.8 Å². The van der Waals surface area contributed by atoms with Crippen molar-refractivity contribution >= 4 is 29.1 Å². The number of halogens is 1. The molecule has 2 amide bonds. The molecule has 0 atom stereocenters. The van der Waals surface area contributed by atoms with Crippen LogP contribution in [0.1, 0.15) is 52.7 Å². The van der Waals surface area contributed by atoms with Crippen LogP contribution in [0.15, 0.2) is 36.4 Å². The van der Waals surface area contributed by atoms with E-state index in [1.807, 2.05) is 42.2 Å². The highest BCUT2D eigenvalue weighted by molar-refractivity contribution is 6.31. The van der Waals surface area contributed by atoms with Crippen LogP contribution in [0.2, 0.25) is 5.02 Å². The number of anilines is 1. The largest absolute Gasteiger partial charge is 0.331 e. The lowest BCUT2D eigenvalue weighted by molar-refractivity contribution is -0.121. The third-order valence-electron chi connectivity index (χ3n) is 6.16. The Morgan fingerprint density at radius 1 is 1.07 bits per heavy atom. The molecule has 1 N–H and O–H groups in total. The minimum Gasteiger partial charge on any atom is -0.331 e. The maximum Gasteiger partial charge on any atom is 0.254 e. The van der Waals surface area contributed by atoms with Gasteiger partial charge in [-0.2, -0.15) is 0 Å². The summed E-state index contributed by atoms with van der Waals surface area (Å²) in [7, 11) is 0. The Morgan fingerprint density at radius 3 is 2.50 bits per heavy atom. The van der Waals surface area contributed by atoms with E-state index in [1.54, 1.807) is 0 Å². The number of fused-ring (bicyclic) bond motifs is 1. The molecule has 1 saturated carbocycles. The quantitative estimate of drug-likeness (QED) is 0.783. The van der Waals surface area contributed by atoms with E-state index in [0.717, 1.165) is 48.1 Å². The predicted octanol–water partition coefficient (Wildman–Crippen LogP) is 5.11. The highest BCUT2D eigenvalue weighted by atomic mass is 35.5. The molecule has 0 unspecified atom stereocenters. The summed E-state index contributed by atoms with van der Waals surface area (Å²) < 4.78 is 0. The summed E-state index contributed by atoms with van der Waals surface area (Å²) in [6.07, 6.45) is 3.36. The summed E-state index contributed by atoms with van der Waals surface area (Å²) in [6.45, 7) is 4.69. The fourth-order valence-corrected chi connectivity index (χ4v) is 4.54. The number of carbonyl (C=O) groups is 2. The van der Waals surface area contributed by atoms with Crippen molar-refractivity contribution in [2.75, 3.05) is 5.32 Å². The third-order valence-corrected chi connectivity index (χ3v) is 6.59. The van der Waals surface area contributed by atoms with Gasteiger partial charge >= 0.3 is 0 Å². The number of rotatable bonds is 3. The molecule has 1 heterocycles. The Morgan fingerprint density at radius 2 is 1.82 bits per heavy atom. The molecule has 0 radical (unpaired) electrons. The van der Waals surface area contributed by atoms with Crippen molar-refractivity contribution in [2.45, 2.75) is 52.1 Å². The van der Waals surface area contributed by atoms with Crippen LogP contribution < -0.4 is 5.32 Å². The number of hydrogen-bond donors (Lipinski definition) is 1. The Balaban J connectivity index is 1.36. The Hall–Kier alpha value is -2.33. The molecule has 0 saturated heterocycles. The van der Waals surface area contributed by atoms with Gasteiger partial charge in [0.05, 0.1) is 0 Å². The first-order valence-electron chi connectivity index (χ1n) is 9.90. The van der Waals surface area contributed by atoms with Crippen molar-refractivity contribution in [1.82, 2.24) is 4.90 Å². The molecule has 146 valence electrons. The van der Waals surface area contributed by atoms with Gasteiger partial charge in [0.25, 0.3) is 5.91 Å². The average molecular weight is 397 g/mol. The van der Waals surface area contributed by atoms with E-state index in [9.17, 15) is 9.59 Å². The van der Waals surface area contributed by atoms with Crippen molar-refractivity contribution in [1.29, 1.82) is 0 Å². The second-order valence-electron chi connectivity index (χ2n) is 7.99. The van der Waals surface area contributed by atoms with Crippen molar-refractivity contribution < 1.29 is 9.59 Å². The second kappa shape index (κ2) is 7.59. The normalized spacial score (nSPS) is 21.5. The van der Waals surface area contributed by atoms with Gasteiger partial charge in [0, 0.05) is 34.8 Å². The smallest absolute Gasteiger partial charge is 0.254 e. The van der Waals surface area contributed by atoms with Crippen LogP contribution in [-0.4, -0.2) is 22.8 Å². The first-order valence-corrected chi connectivity index (χ1v) is 10.3. The van der Waals surface area contributed by atoms with E-state index in [4.69, 9.17) is 11.6 Å². The molecule has 0 aromatic heterocycles. The lowest BCUT2D eigenvalue weighted by atomic mass is 9.84. The molecule has 1 fully saturated rings. The van der Waals surface area contributed by atoms with Crippen molar-refractivity contribution in [3.05, 3.63) is 63.7 Å². The zero-order valence-corrected chi connectivity index (χ0v) is 17.1. The third kappa shape index (κ3) is 3.53. The van der Waals surface area contributed by atoms with Crippen LogP contribution >= 0.6 is 11.6 Å². The molecule has 2 aliphatic rings. The number of benzene rings is 2. The number of carbonyl (C=O) groups excluding carboxylic acids is 2. The van der Waals surface area contributed by atoms with E-state index < -0.39 is 0 Å². The lowest BCUT2D eigenvalue weighted by Crippen LogP contribution is -2.40. The molecular formula is C23H25ClN2O2. The fourth-order valence-electron chi connectivity index (χ4n) is 4.42. The summed E-state index contributed by atoms with van der Waals surface area (Å²) in [5, 5.41) is 3.72. The average Bonchev–Trinajstić information content (AvgIpc) is 3.03. The predicted molar refractivity (Wildman–Crippen MR) is 112 cm³/mol. The molecule has 4 rings (SSSR count). The number of amides is 2. The molecule has 0 spiro atoms. The minimum atomic E-state index is -0.00551. The van der Waals surface area contributed by atoms with Gasteiger partial charge < -0.3 is 10.2 Å². The van der Waals surface area contributed by atoms with Gasteiger partial charge in [0.1, 0.15) is 0 Å². The summed E-state index contributed by atoms with van der Waals surface area (Å²) in [6, 6.07) is 11.7. The van der Waals surface area contributed by atoms with E-state index in [2.05, 4.69) is 18.3 Å². The maximum atomic E-state index is 12.8. The highest BCUT2D eigenvalue weighted by Gasteiger charge is 2.36. The minimum absolute atomic E-state index is 0.00551. The zero-order chi connectivity index (χ0) is 19.8. The Bertz CT molecular complexity index is 932. The molecular weight excluding hydrogens is 372 g/mol. The standard InChI is InChI=1S/C23H25ClN2O2/c1-14-4-3-5-19-20(14)13-26(23(19)28)18-9-6-16(7-10-18)22(27)25-17-8-11-21(24)15(2)12-17/h3-5,8,11-12,16,18H,6-7,9-10,13H2,1-2H3,(H,25,27). The van der Waals surface area contributed by atoms with Gasteiger partial charge in [0.2, 0.25) is 5.91 Å².